The Morgan fingerprint density at radius 2 is 2.21 bits per heavy atom. The van der Waals surface area contributed by atoms with Crippen LogP contribution in [0.2, 0.25) is 0 Å². The normalized spacial score (nSPS) is 12.8. The van der Waals surface area contributed by atoms with Crippen LogP contribution in [0.15, 0.2) is 23.1 Å². The van der Waals surface area contributed by atoms with Gasteiger partial charge in [-0.1, -0.05) is 5.16 Å². The quantitative estimate of drug-likeness (QED) is 0.771. The highest BCUT2D eigenvalue weighted by Gasteiger charge is 2.15. The first-order valence-corrected chi connectivity index (χ1v) is 5.97. The Morgan fingerprint density at radius 3 is 2.95 bits per heavy atom. The van der Waals surface area contributed by atoms with Gasteiger partial charge >= 0.3 is 0 Å². The first kappa shape index (κ1) is 11.6. The van der Waals surface area contributed by atoms with E-state index in [0.29, 0.717) is 0 Å². The average molecular weight is 258 g/mol. The second-order valence-corrected chi connectivity index (χ2v) is 4.46. The molecule has 1 unspecified atom stereocenters. The van der Waals surface area contributed by atoms with Crippen molar-refractivity contribution in [2.45, 2.75) is 19.9 Å². The summed E-state index contributed by atoms with van der Waals surface area (Å²) in [6, 6.07) is 1.87. The standard InChI is InChI=1S/C12H14N6O/c1-7-4-10(19-17-7)8(2)16-12-11-9(13-6-14-12)5-15-18(11)3/h4-6,8H,1-3H3,(H,13,14,16). The average Bonchev–Trinajstić information content (AvgIpc) is 2.97. The van der Waals surface area contributed by atoms with Gasteiger partial charge in [-0.3, -0.25) is 4.68 Å². The molecule has 0 spiro atoms. The van der Waals surface area contributed by atoms with Gasteiger partial charge in [0.25, 0.3) is 0 Å². The summed E-state index contributed by atoms with van der Waals surface area (Å²) in [5.74, 6) is 1.50. The fourth-order valence-electron chi connectivity index (χ4n) is 1.97. The van der Waals surface area contributed by atoms with E-state index in [1.165, 1.54) is 6.33 Å². The summed E-state index contributed by atoms with van der Waals surface area (Å²) >= 11 is 0. The largest absolute Gasteiger partial charge is 0.359 e. The maximum Gasteiger partial charge on any atom is 0.158 e. The van der Waals surface area contributed by atoms with Gasteiger partial charge in [-0.25, -0.2) is 9.97 Å². The van der Waals surface area contributed by atoms with E-state index in [4.69, 9.17) is 4.52 Å². The highest BCUT2D eigenvalue weighted by molar-refractivity contribution is 5.85. The number of fused-ring (bicyclic) bond motifs is 1. The van der Waals surface area contributed by atoms with Crippen molar-refractivity contribution in [2.75, 3.05) is 5.32 Å². The summed E-state index contributed by atoms with van der Waals surface area (Å²) in [6.07, 6.45) is 3.23. The van der Waals surface area contributed by atoms with Gasteiger partial charge in [0.1, 0.15) is 17.4 Å². The van der Waals surface area contributed by atoms with Gasteiger partial charge in [0.15, 0.2) is 11.6 Å². The minimum Gasteiger partial charge on any atom is -0.359 e. The zero-order valence-corrected chi connectivity index (χ0v) is 11.0. The summed E-state index contributed by atoms with van der Waals surface area (Å²) < 4.78 is 6.99. The zero-order chi connectivity index (χ0) is 13.4. The minimum atomic E-state index is -0.0331. The van der Waals surface area contributed by atoms with E-state index in [1.807, 2.05) is 27.0 Å². The van der Waals surface area contributed by atoms with E-state index in [2.05, 4.69) is 25.5 Å². The Balaban J connectivity index is 1.95. The smallest absolute Gasteiger partial charge is 0.158 e. The number of nitrogens with zero attached hydrogens (tertiary/aromatic N) is 5. The maximum atomic E-state index is 5.24. The van der Waals surface area contributed by atoms with E-state index in [1.54, 1.807) is 10.9 Å². The van der Waals surface area contributed by atoms with Crippen molar-refractivity contribution in [3.8, 4) is 0 Å². The molecule has 0 saturated heterocycles. The molecular formula is C12H14N6O. The summed E-state index contributed by atoms with van der Waals surface area (Å²) in [7, 11) is 1.86. The lowest BCUT2D eigenvalue weighted by molar-refractivity contribution is 0.369. The summed E-state index contributed by atoms with van der Waals surface area (Å²) in [6.45, 7) is 3.88. The van der Waals surface area contributed by atoms with Crippen LogP contribution >= 0.6 is 0 Å². The molecule has 7 nitrogen and oxygen atoms in total. The highest BCUT2D eigenvalue weighted by atomic mass is 16.5. The molecule has 0 aliphatic rings. The second-order valence-electron chi connectivity index (χ2n) is 4.46. The molecule has 3 aromatic heterocycles. The van der Waals surface area contributed by atoms with E-state index >= 15 is 0 Å². The number of hydrogen-bond acceptors (Lipinski definition) is 6. The molecule has 0 saturated carbocycles. The van der Waals surface area contributed by atoms with Gasteiger partial charge in [0.2, 0.25) is 0 Å². The Hall–Kier alpha value is -2.44. The molecule has 0 aromatic carbocycles. The molecule has 0 radical (unpaired) electrons. The monoisotopic (exact) mass is 258 g/mol. The molecule has 0 bridgehead atoms. The first-order chi connectivity index (χ1) is 9.15. The molecule has 1 atom stereocenters. The fourth-order valence-corrected chi connectivity index (χ4v) is 1.97. The molecule has 3 rings (SSSR count). The lowest BCUT2D eigenvalue weighted by atomic mass is 10.2. The Morgan fingerprint density at radius 1 is 1.37 bits per heavy atom. The first-order valence-electron chi connectivity index (χ1n) is 5.97. The Labute approximate surface area is 109 Å². The summed E-state index contributed by atoms with van der Waals surface area (Å²) in [5, 5.41) is 11.4. The molecule has 0 aliphatic carbocycles. The molecule has 0 aliphatic heterocycles. The molecule has 98 valence electrons. The van der Waals surface area contributed by atoms with Crippen molar-refractivity contribution in [1.29, 1.82) is 0 Å². The minimum absolute atomic E-state index is 0.0331. The van der Waals surface area contributed by atoms with Crippen molar-refractivity contribution in [1.82, 2.24) is 24.9 Å². The van der Waals surface area contributed by atoms with Crippen LogP contribution in [-0.4, -0.2) is 24.9 Å². The van der Waals surface area contributed by atoms with Crippen LogP contribution in [0.1, 0.15) is 24.4 Å². The van der Waals surface area contributed by atoms with Crippen LogP contribution in [-0.2, 0) is 7.05 Å². The van der Waals surface area contributed by atoms with Crippen LogP contribution in [0.25, 0.3) is 11.0 Å². The van der Waals surface area contributed by atoms with E-state index in [9.17, 15) is 0 Å². The van der Waals surface area contributed by atoms with Crippen molar-refractivity contribution >= 4 is 16.9 Å². The highest BCUT2D eigenvalue weighted by Crippen LogP contribution is 2.23. The molecule has 1 N–H and O–H groups in total. The van der Waals surface area contributed by atoms with E-state index in [-0.39, 0.29) is 6.04 Å². The van der Waals surface area contributed by atoms with Crippen LogP contribution in [0, 0.1) is 6.92 Å². The molecule has 19 heavy (non-hydrogen) atoms. The predicted octanol–water partition coefficient (Wildman–Crippen LogP) is 1.83. The molecule has 0 fully saturated rings. The van der Waals surface area contributed by atoms with Crippen molar-refractivity contribution < 1.29 is 4.52 Å². The summed E-state index contributed by atoms with van der Waals surface area (Å²) in [4.78, 5) is 8.44. The van der Waals surface area contributed by atoms with Gasteiger partial charge in [0, 0.05) is 13.1 Å². The molecule has 3 heterocycles. The van der Waals surface area contributed by atoms with E-state index < -0.39 is 0 Å². The fraction of sp³-hybridized carbons (Fsp3) is 0.333. The molecule has 7 heteroatoms. The number of rotatable bonds is 3. The topological polar surface area (TPSA) is 81.7 Å². The number of aryl methyl sites for hydroxylation is 2. The van der Waals surface area contributed by atoms with Crippen LogP contribution in [0.5, 0.6) is 0 Å². The second kappa shape index (κ2) is 4.34. The van der Waals surface area contributed by atoms with Crippen LogP contribution < -0.4 is 5.32 Å². The van der Waals surface area contributed by atoms with Gasteiger partial charge in [0.05, 0.1) is 17.9 Å². The van der Waals surface area contributed by atoms with Crippen LogP contribution in [0.4, 0.5) is 5.82 Å². The lowest BCUT2D eigenvalue weighted by Gasteiger charge is -2.12. The molecule has 0 amide bonds. The third-order valence-corrected chi connectivity index (χ3v) is 2.95. The van der Waals surface area contributed by atoms with Gasteiger partial charge in [-0.2, -0.15) is 5.10 Å². The number of hydrogen-bond donors (Lipinski definition) is 1. The van der Waals surface area contributed by atoms with E-state index in [0.717, 1.165) is 28.3 Å². The number of nitrogens with one attached hydrogen (secondary N) is 1. The van der Waals surface area contributed by atoms with Crippen molar-refractivity contribution in [3.05, 3.63) is 30.0 Å². The Kier molecular flexibility index (Phi) is 2.66. The Bertz CT molecular complexity index is 716. The third kappa shape index (κ3) is 2.03. The van der Waals surface area contributed by atoms with Gasteiger partial charge in [-0.15, -0.1) is 0 Å². The third-order valence-electron chi connectivity index (χ3n) is 2.95. The van der Waals surface area contributed by atoms with Crippen molar-refractivity contribution in [2.24, 2.45) is 7.05 Å². The molecule has 3 aromatic rings. The molecular weight excluding hydrogens is 244 g/mol. The summed E-state index contributed by atoms with van der Waals surface area (Å²) in [5.41, 5.74) is 2.53. The lowest BCUT2D eigenvalue weighted by Crippen LogP contribution is -2.09. The van der Waals surface area contributed by atoms with Crippen molar-refractivity contribution in [3.63, 3.8) is 0 Å². The van der Waals surface area contributed by atoms with Crippen LogP contribution in [0.3, 0.4) is 0 Å². The number of aromatic nitrogens is 5. The van der Waals surface area contributed by atoms with Gasteiger partial charge < -0.3 is 9.84 Å². The predicted molar refractivity (Wildman–Crippen MR) is 69.6 cm³/mol. The number of anilines is 1. The van der Waals surface area contributed by atoms with Gasteiger partial charge in [-0.05, 0) is 13.8 Å². The SMILES string of the molecule is Cc1cc(C(C)Nc2ncnc3cnn(C)c23)on1. The zero-order valence-electron chi connectivity index (χ0n) is 11.0. The maximum absolute atomic E-state index is 5.24.